The molecule has 0 aliphatic carbocycles. The lowest BCUT2D eigenvalue weighted by Gasteiger charge is -2.39. The van der Waals surface area contributed by atoms with Crippen molar-refractivity contribution in [3.05, 3.63) is 30.4 Å². The highest BCUT2D eigenvalue weighted by Crippen LogP contribution is 2.36. The average molecular weight is 393 g/mol. The highest BCUT2D eigenvalue weighted by atomic mass is 32.2. The summed E-state index contributed by atoms with van der Waals surface area (Å²) in [5.41, 5.74) is 0.830. The second-order valence-corrected chi connectivity index (χ2v) is 9.26. The Morgan fingerprint density at radius 1 is 1.30 bits per heavy atom. The van der Waals surface area contributed by atoms with Crippen molar-refractivity contribution < 1.29 is 8.42 Å². The van der Waals surface area contributed by atoms with Crippen LogP contribution in [0, 0.1) is 5.92 Å². The van der Waals surface area contributed by atoms with E-state index in [-0.39, 0.29) is 18.0 Å². The molecule has 1 aliphatic rings. The summed E-state index contributed by atoms with van der Waals surface area (Å²) >= 11 is 0. The molecule has 27 heavy (non-hydrogen) atoms. The number of rotatable bonds is 6. The SMILES string of the molecule is CC[C@H](C)[C@H]1c2nc(-c3cccnc3)nn2CCN1S(=O)(=O)N(C)C(C)C. The van der Waals surface area contributed by atoms with Gasteiger partial charge in [-0.15, -0.1) is 0 Å². The number of nitrogens with zero attached hydrogens (tertiary/aromatic N) is 6. The first kappa shape index (κ1) is 19.9. The van der Waals surface area contributed by atoms with Gasteiger partial charge in [0.1, 0.15) is 5.82 Å². The van der Waals surface area contributed by atoms with E-state index in [4.69, 9.17) is 4.98 Å². The fourth-order valence-corrected chi connectivity index (χ4v) is 5.03. The molecular formula is C18H28N6O2S. The lowest BCUT2D eigenvalue weighted by atomic mass is 9.97. The Kier molecular flexibility index (Phi) is 5.64. The Bertz CT molecular complexity index is 881. The van der Waals surface area contributed by atoms with Crippen molar-refractivity contribution in [3.8, 4) is 11.4 Å². The minimum atomic E-state index is -3.59. The molecule has 0 amide bonds. The van der Waals surface area contributed by atoms with Gasteiger partial charge in [0.15, 0.2) is 5.82 Å². The first-order chi connectivity index (χ1) is 12.8. The summed E-state index contributed by atoms with van der Waals surface area (Å²) < 4.78 is 31.3. The molecule has 2 aromatic heterocycles. The molecule has 148 valence electrons. The highest BCUT2D eigenvalue weighted by molar-refractivity contribution is 7.86. The lowest BCUT2D eigenvalue weighted by Crippen LogP contribution is -2.51. The normalized spacial score (nSPS) is 19.4. The molecular weight excluding hydrogens is 364 g/mol. The van der Waals surface area contributed by atoms with E-state index in [1.54, 1.807) is 23.7 Å². The van der Waals surface area contributed by atoms with Gasteiger partial charge in [-0.05, 0) is 31.9 Å². The van der Waals surface area contributed by atoms with Gasteiger partial charge in [-0.25, -0.2) is 9.67 Å². The van der Waals surface area contributed by atoms with E-state index in [0.29, 0.717) is 24.7 Å². The average Bonchev–Trinajstić information content (AvgIpc) is 3.10. The van der Waals surface area contributed by atoms with Gasteiger partial charge in [0.2, 0.25) is 0 Å². The Morgan fingerprint density at radius 3 is 2.63 bits per heavy atom. The number of hydrogen-bond donors (Lipinski definition) is 0. The van der Waals surface area contributed by atoms with E-state index in [2.05, 4.69) is 23.9 Å². The van der Waals surface area contributed by atoms with Gasteiger partial charge >= 0.3 is 0 Å². The van der Waals surface area contributed by atoms with Gasteiger partial charge in [-0.3, -0.25) is 4.98 Å². The standard InChI is InChI=1S/C18H28N6O2S/c1-6-14(4)16-18-20-17(15-8-7-9-19-12-15)21-23(18)10-11-24(16)27(25,26)22(5)13(2)3/h7-9,12-14,16H,6,10-11H2,1-5H3/t14-,16-/m0/s1. The molecule has 1 aliphatic heterocycles. The van der Waals surface area contributed by atoms with Crippen LogP contribution < -0.4 is 0 Å². The molecule has 0 aromatic carbocycles. The summed E-state index contributed by atoms with van der Waals surface area (Å²) in [4.78, 5) is 8.86. The van der Waals surface area contributed by atoms with Crippen LogP contribution in [-0.2, 0) is 16.8 Å². The minimum absolute atomic E-state index is 0.113. The van der Waals surface area contributed by atoms with Crippen LogP contribution in [-0.4, -0.2) is 56.4 Å². The number of fused-ring (bicyclic) bond motifs is 1. The van der Waals surface area contributed by atoms with Crippen molar-refractivity contribution in [2.75, 3.05) is 13.6 Å². The Hall–Kier alpha value is -1.84. The molecule has 0 saturated heterocycles. The maximum atomic E-state index is 13.2. The van der Waals surface area contributed by atoms with Crippen LogP contribution in [0.25, 0.3) is 11.4 Å². The van der Waals surface area contributed by atoms with Crippen molar-refractivity contribution in [3.63, 3.8) is 0 Å². The molecule has 2 atom stereocenters. The zero-order valence-electron chi connectivity index (χ0n) is 16.6. The molecule has 3 rings (SSSR count). The summed E-state index contributed by atoms with van der Waals surface area (Å²) in [5, 5.41) is 4.61. The summed E-state index contributed by atoms with van der Waals surface area (Å²) in [5.74, 6) is 1.41. The molecule has 0 unspecified atom stereocenters. The number of hydrogen-bond acceptors (Lipinski definition) is 5. The van der Waals surface area contributed by atoms with Crippen LogP contribution in [0.1, 0.15) is 46.0 Å². The zero-order chi connectivity index (χ0) is 19.8. The van der Waals surface area contributed by atoms with E-state index in [0.717, 1.165) is 12.0 Å². The predicted octanol–water partition coefficient (Wildman–Crippen LogP) is 2.33. The summed E-state index contributed by atoms with van der Waals surface area (Å²) in [6, 6.07) is 3.30. The lowest BCUT2D eigenvalue weighted by molar-refractivity contribution is 0.176. The molecule has 0 bridgehead atoms. The predicted molar refractivity (Wildman–Crippen MR) is 104 cm³/mol. The van der Waals surface area contributed by atoms with Gasteiger partial charge in [-0.1, -0.05) is 20.3 Å². The molecule has 0 saturated carbocycles. The Morgan fingerprint density at radius 2 is 2.04 bits per heavy atom. The van der Waals surface area contributed by atoms with E-state index in [1.165, 1.54) is 4.31 Å². The van der Waals surface area contributed by atoms with Crippen molar-refractivity contribution in [2.45, 2.75) is 52.7 Å². The molecule has 8 nitrogen and oxygen atoms in total. The van der Waals surface area contributed by atoms with Crippen molar-refractivity contribution >= 4 is 10.2 Å². The van der Waals surface area contributed by atoms with Gasteiger partial charge in [0.05, 0.1) is 12.6 Å². The van der Waals surface area contributed by atoms with Crippen LogP contribution in [0.4, 0.5) is 0 Å². The van der Waals surface area contributed by atoms with E-state index in [1.807, 2.05) is 30.7 Å². The minimum Gasteiger partial charge on any atom is -0.264 e. The smallest absolute Gasteiger partial charge is 0.264 e. The first-order valence-corrected chi connectivity index (χ1v) is 10.8. The third-order valence-corrected chi connectivity index (χ3v) is 7.45. The fraction of sp³-hybridized carbons (Fsp3) is 0.611. The van der Waals surface area contributed by atoms with E-state index < -0.39 is 10.2 Å². The third kappa shape index (κ3) is 3.63. The van der Waals surface area contributed by atoms with E-state index >= 15 is 0 Å². The molecule has 0 spiro atoms. The van der Waals surface area contributed by atoms with Crippen molar-refractivity contribution in [1.29, 1.82) is 0 Å². The molecule has 0 radical (unpaired) electrons. The molecule has 3 heterocycles. The largest absolute Gasteiger partial charge is 0.282 e. The Labute approximate surface area is 161 Å². The highest BCUT2D eigenvalue weighted by Gasteiger charge is 2.42. The third-order valence-electron chi connectivity index (χ3n) is 5.30. The molecule has 0 fully saturated rings. The summed E-state index contributed by atoms with van der Waals surface area (Å²) in [6.07, 6.45) is 4.27. The topological polar surface area (TPSA) is 84.2 Å². The fourth-order valence-electron chi connectivity index (χ4n) is 3.27. The zero-order valence-corrected chi connectivity index (χ0v) is 17.4. The van der Waals surface area contributed by atoms with E-state index in [9.17, 15) is 8.42 Å². The second kappa shape index (κ2) is 7.65. The van der Waals surface area contributed by atoms with Gasteiger partial charge in [0, 0.05) is 37.6 Å². The van der Waals surface area contributed by atoms with Crippen LogP contribution >= 0.6 is 0 Å². The maximum absolute atomic E-state index is 13.2. The monoisotopic (exact) mass is 392 g/mol. The molecule has 2 aromatic rings. The maximum Gasteiger partial charge on any atom is 0.282 e. The van der Waals surface area contributed by atoms with Crippen LogP contribution in [0.3, 0.4) is 0 Å². The van der Waals surface area contributed by atoms with Crippen LogP contribution in [0.2, 0.25) is 0 Å². The summed E-state index contributed by atoms with van der Waals surface area (Å²) in [7, 11) is -1.96. The number of aromatic nitrogens is 4. The second-order valence-electron chi connectivity index (χ2n) is 7.32. The van der Waals surface area contributed by atoms with Gasteiger partial charge in [-0.2, -0.15) is 22.1 Å². The van der Waals surface area contributed by atoms with Crippen LogP contribution in [0.15, 0.2) is 24.5 Å². The molecule has 9 heteroatoms. The van der Waals surface area contributed by atoms with Crippen molar-refractivity contribution in [2.24, 2.45) is 5.92 Å². The Balaban J connectivity index is 2.05. The van der Waals surface area contributed by atoms with Crippen molar-refractivity contribution in [1.82, 2.24) is 28.4 Å². The molecule has 0 N–H and O–H groups in total. The van der Waals surface area contributed by atoms with Gasteiger partial charge in [0.25, 0.3) is 10.2 Å². The summed E-state index contributed by atoms with van der Waals surface area (Å²) in [6.45, 7) is 8.76. The van der Waals surface area contributed by atoms with Crippen LogP contribution in [0.5, 0.6) is 0 Å². The quantitative estimate of drug-likeness (QED) is 0.753. The van der Waals surface area contributed by atoms with Gasteiger partial charge < -0.3 is 0 Å². The number of pyridine rings is 1. The first-order valence-electron chi connectivity index (χ1n) is 9.37.